The lowest BCUT2D eigenvalue weighted by Gasteiger charge is -2.13. The Hall–Kier alpha value is -1.92. The maximum atomic E-state index is 10.7. The van der Waals surface area contributed by atoms with Crippen LogP contribution in [0.4, 0.5) is 5.69 Å². The summed E-state index contributed by atoms with van der Waals surface area (Å²) in [4.78, 5) is 21.3. The van der Waals surface area contributed by atoms with E-state index in [1.807, 2.05) is 0 Å². The fraction of sp³-hybridized carbons (Fsp3) is 0.385. The van der Waals surface area contributed by atoms with E-state index < -0.39 is 11.7 Å². The van der Waals surface area contributed by atoms with Crippen molar-refractivity contribution in [3.63, 3.8) is 0 Å². The molecule has 0 radical (unpaired) electrons. The van der Waals surface area contributed by atoms with Gasteiger partial charge in [-0.3, -0.25) is 10.1 Å². The Bertz CT molecular complexity index is 439. The Morgan fingerprint density at radius 3 is 2.05 bits per heavy atom. The summed E-state index contributed by atoms with van der Waals surface area (Å²) in [5.74, 6) is -1.34. The van der Waals surface area contributed by atoms with Crippen molar-refractivity contribution < 1.29 is 19.8 Å². The lowest BCUT2D eigenvalue weighted by atomic mass is 10.2. The van der Waals surface area contributed by atoms with E-state index in [0.717, 1.165) is 0 Å². The van der Waals surface area contributed by atoms with Gasteiger partial charge >= 0.3 is 5.97 Å². The van der Waals surface area contributed by atoms with Gasteiger partial charge in [-0.2, -0.15) is 0 Å². The zero-order valence-electron chi connectivity index (χ0n) is 11.5. The quantitative estimate of drug-likeness (QED) is 0.619. The molecule has 4 N–H and O–H groups in total. The molecule has 0 spiro atoms. The molecule has 6 heteroatoms. The molecule has 106 valence electrons. The molecule has 0 saturated carbocycles. The zero-order valence-corrected chi connectivity index (χ0v) is 11.5. The van der Waals surface area contributed by atoms with Crippen LogP contribution < -0.4 is 10.6 Å². The van der Waals surface area contributed by atoms with Gasteiger partial charge in [0, 0.05) is 6.92 Å². The summed E-state index contributed by atoms with van der Waals surface area (Å²) in [5.41, 5.74) is -0.291. The van der Waals surface area contributed by atoms with Crippen molar-refractivity contribution in [2.75, 3.05) is 12.4 Å². The first-order chi connectivity index (χ1) is 8.67. The summed E-state index contributed by atoms with van der Waals surface area (Å²) in [7, 11) is 1.71. The minimum absolute atomic E-state index is 0.0951. The standard InChI is InChI=1S/C9H9NO3.C4H11NO/c1-6(11)10-8-5-3-2-4-7(8)9(12)13;1-4(2,6)5-3/h2-5H,1H3,(H,10,11)(H,12,13);5-6H,1-3H3. The Balaban J connectivity index is 0.000000459. The molecule has 19 heavy (non-hydrogen) atoms. The molecule has 1 aromatic carbocycles. The van der Waals surface area contributed by atoms with Crippen LogP contribution in [0.1, 0.15) is 31.1 Å². The molecule has 0 saturated heterocycles. The first-order valence-electron chi connectivity index (χ1n) is 5.68. The third-order valence-corrected chi connectivity index (χ3v) is 2.08. The lowest BCUT2D eigenvalue weighted by Crippen LogP contribution is -2.35. The zero-order chi connectivity index (χ0) is 15.1. The van der Waals surface area contributed by atoms with Gasteiger partial charge in [0.05, 0.1) is 11.3 Å². The minimum atomic E-state index is -1.05. The van der Waals surface area contributed by atoms with Crippen LogP contribution in [0, 0.1) is 0 Å². The van der Waals surface area contributed by atoms with Crippen molar-refractivity contribution in [2.45, 2.75) is 26.5 Å². The van der Waals surface area contributed by atoms with Crippen LogP contribution >= 0.6 is 0 Å². The highest BCUT2D eigenvalue weighted by Crippen LogP contribution is 2.14. The number of carbonyl (C=O) groups excluding carboxylic acids is 1. The van der Waals surface area contributed by atoms with Crippen LogP contribution in [0.25, 0.3) is 0 Å². The number of para-hydroxylation sites is 1. The summed E-state index contributed by atoms with van der Waals surface area (Å²) in [6.45, 7) is 4.71. The van der Waals surface area contributed by atoms with Crippen LogP contribution in [0.5, 0.6) is 0 Å². The van der Waals surface area contributed by atoms with Crippen LogP contribution in [-0.2, 0) is 4.79 Å². The Morgan fingerprint density at radius 1 is 1.21 bits per heavy atom. The van der Waals surface area contributed by atoms with Gasteiger partial charge in [0.15, 0.2) is 0 Å². The Morgan fingerprint density at radius 2 is 1.68 bits per heavy atom. The smallest absolute Gasteiger partial charge is 0.337 e. The molecular formula is C13H20N2O4. The van der Waals surface area contributed by atoms with Crippen LogP contribution in [0.3, 0.4) is 0 Å². The second-order valence-corrected chi connectivity index (χ2v) is 4.34. The number of carboxylic acid groups (broad SMARTS) is 1. The number of aromatic carboxylic acids is 1. The Labute approximate surface area is 112 Å². The predicted octanol–water partition coefficient (Wildman–Crippen LogP) is 1.28. The molecule has 0 bridgehead atoms. The maximum Gasteiger partial charge on any atom is 0.337 e. The number of carbonyl (C=O) groups is 2. The van der Waals surface area contributed by atoms with Crippen LogP contribution in [0.2, 0.25) is 0 Å². The maximum absolute atomic E-state index is 10.7. The third-order valence-electron chi connectivity index (χ3n) is 2.08. The number of hydrogen-bond acceptors (Lipinski definition) is 4. The molecule has 0 aromatic heterocycles. The van der Waals surface area contributed by atoms with Crippen molar-refractivity contribution in [1.82, 2.24) is 5.32 Å². The van der Waals surface area contributed by atoms with Crippen LogP contribution in [-0.4, -0.2) is 34.9 Å². The van der Waals surface area contributed by atoms with Gasteiger partial charge in [0.2, 0.25) is 5.91 Å². The van der Waals surface area contributed by atoms with Crippen molar-refractivity contribution in [1.29, 1.82) is 0 Å². The number of rotatable bonds is 3. The highest BCUT2D eigenvalue weighted by molar-refractivity contribution is 5.99. The van der Waals surface area contributed by atoms with Crippen molar-refractivity contribution >= 4 is 17.6 Å². The number of anilines is 1. The average Bonchev–Trinajstić information content (AvgIpc) is 2.28. The molecule has 1 amide bonds. The van der Waals surface area contributed by atoms with Gasteiger partial charge in [0.1, 0.15) is 5.72 Å². The SMILES string of the molecule is CC(=O)Nc1ccccc1C(=O)O.CNC(C)(C)O. The first-order valence-corrected chi connectivity index (χ1v) is 5.68. The van der Waals surface area contributed by atoms with E-state index in [1.54, 1.807) is 39.1 Å². The highest BCUT2D eigenvalue weighted by atomic mass is 16.4. The van der Waals surface area contributed by atoms with E-state index in [1.165, 1.54) is 13.0 Å². The molecular weight excluding hydrogens is 248 g/mol. The summed E-state index contributed by atoms with van der Waals surface area (Å²) < 4.78 is 0. The summed E-state index contributed by atoms with van der Waals surface area (Å²) in [6, 6.07) is 6.25. The largest absolute Gasteiger partial charge is 0.478 e. The van der Waals surface area contributed by atoms with E-state index in [0.29, 0.717) is 5.69 Å². The number of nitrogens with one attached hydrogen (secondary N) is 2. The first kappa shape index (κ1) is 17.1. The second-order valence-electron chi connectivity index (χ2n) is 4.34. The average molecular weight is 268 g/mol. The lowest BCUT2D eigenvalue weighted by molar-refractivity contribution is -0.114. The van der Waals surface area contributed by atoms with Gasteiger partial charge in [0.25, 0.3) is 0 Å². The normalized spacial score (nSPS) is 10.2. The fourth-order valence-corrected chi connectivity index (χ4v) is 0.968. The second kappa shape index (κ2) is 7.50. The van der Waals surface area contributed by atoms with Gasteiger partial charge in [-0.05, 0) is 33.0 Å². The molecule has 6 nitrogen and oxygen atoms in total. The fourth-order valence-electron chi connectivity index (χ4n) is 0.968. The van der Waals surface area contributed by atoms with Gasteiger partial charge in [-0.15, -0.1) is 0 Å². The van der Waals surface area contributed by atoms with Crippen LogP contribution in [0.15, 0.2) is 24.3 Å². The predicted molar refractivity (Wildman–Crippen MR) is 73.1 cm³/mol. The van der Waals surface area contributed by atoms with E-state index >= 15 is 0 Å². The van der Waals surface area contributed by atoms with Crippen molar-refractivity contribution in [3.8, 4) is 0 Å². The van der Waals surface area contributed by atoms with Gasteiger partial charge < -0.3 is 15.5 Å². The summed E-state index contributed by atoms with van der Waals surface area (Å²) in [6.07, 6.45) is 0. The molecule has 0 aliphatic rings. The Kier molecular flexibility index (Phi) is 6.74. The molecule has 0 unspecified atom stereocenters. The highest BCUT2D eigenvalue weighted by Gasteiger charge is 2.08. The van der Waals surface area contributed by atoms with E-state index in [9.17, 15) is 9.59 Å². The van der Waals surface area contributed by atoms with Gasteiger partial charge in [-0.25, -0.2) is 4.79 Å². The number of amides is 1. The monoisotopic (exact) mass is 268 g/mol. The molecule has 1 aromatic rings. The van der Waals surface area contributed by atoms with E-state index in [4.69, 9.17) is 10.2 Å². The molecule has 0 aliphatic carbocycles. The molecule has 1 rings (SSSR count). The van der Waals surface area contributed by atoms with Crippen molar-refractivity contribution in [2.24, 2.45) is 0 Å². The molecule has 0 aliphatic heterocycles. The summed E-state index contributed by atoms with van der Waals surface area (Å²) >= 11 is 0. The number of aliphatic hydroxyl groups is 1. The summed E-state index contributed by atoms with van der Waals surface area (Å²) in [5, 5.41) is 22.5. The number of benzene rings is 1. The number of hydrogen-bond donors (Lipinski definition) is 4. The van der Waals surface area contributed by atoms with Gasteiger partial charge in [-0.1, -0.05) is 12.1 Å². The topological polar surface area (TPSA) is 98.7 Å². The molecule has 0 atom stereocenters. The molecule has 0 fully saturated rings. The van der Waals surface area contributed by atoms with E-state index in [-0.39, 0.29) is 11.5 Å². The van der Waals surface area contributed by atoms with E-state index in [2.05, 4.69) is 10.6 Å². The minimum Gasteiger partial charge on any atom is -0.478 e. The number of carboxylic acids is 1. The third kappa shape index (κ3) is 7.91. The van der Waals surface area contributed by atoms with Crippen molar-refractivity contribution in [3.05, 3.63) is 29.8 Å². The molecule has 0 heterocycles.